The molecule has 2 aliphatic heterocycles. The summed E-state index contributed by atoms with van der Waals surface area (Å²) in [6.45, 7) is 4.32. The molecule has 0 saturated carbocycles. The number of carbonyl (C=O) groups excluding carboxylic acids is 2. The molecule has 7 nitrogen and oxygen atoms in total. The summed E-state index contributed by atoms with van der Waals surface area (Å²) in [5, 5.41) is 15.8. The van der Waals surface area contributed by atoms with Crippen molar-refractivity contribution in [1.29, 1.82) is 0 Å². The number of amides is 2. The normalized spacial score (nSPS) is 18.3. The summed E-state index contributed by atoms with van der Waals surface area (Å²) < 4.78 is 0. The maximum Gasteiger partial charge on any atom is 0.258 e. The molecule has 4 rings (SSSR count). The average molecular weight is 622 g/mol. The van der Waals surface area contributed by atoms with E-state index >= 15 is 0 Å². The van der Waals surface area contributed by atoms with Crippen LogP contribution in [-0.4, -0.2) is 84.0 Å². The Balaban J connectivity index is 0.00000400. The zero-order chi connectivity index (χ0) is 27.1. The molecule has 12 heteroatoms. The lowest BCUT2D eigenvalue weighted by Crippen LogP contribution is -2.61. The van der Waals surface area contributed by atoms with Gasteiger partial charge in [0.1, 0.15) is 0 Å². The Morgan fingerprint density at radius 1 is 0.974 bits per heavy atom. The van der Waals surface area contributed by atoms with Crippen molar-refractivity contribution in [1.82, 2.24) is 14.7 Å². The molecular formula is C26H32Cl4N4O3S. The molecule has 0 unspecified atom stereocenters. The number of nitrogens with one attached hydrogen (secondary N) is 1. The molecule has 0 radical (unpaired) electrons. The Morgan fingerprint density at radius 3 is 2.00 bits per heavy atom. The Morgan fingerprint density at radius 2 is 1.50 bits per heavy atom. The van der Waals surface area contributed by atoms with Crippen LogP contribution in [0.4, 0.5) is 5.69 Å². The fourth-order valence-corrected chi connectivity index (χ4v) is 6.10. The topological polar surface area (TPSA) is 76.1 Å². The molecule has 0 spiro atoms. The van der Waals surface area contributed by atoms with Gasteiger partial charge in [0, 0.05) is 62.0 Å². The van der Waals surface area contributed by atoms with Gasteiger partial charge >= 0.3 is 0 Å². The number of hydrogen-bond acceptors (Lipinski definition) is 5. The standard InChI is InChI=1S/C26H30Cl4N4O3.H2S/c1-26(37,15-8-16(27)10-17(28)9-15)25(36)33-6-4-20(5-7-33)34-13-19(14-34)31-18-11-21(29)23(22(30)12-18)24(35)32(2)3;/h8-12,19-20,31,37H,4-7,13-14H2,1-3H3;1H2/t26-;/m0./s1. The first kappa shape index (κ1) is 31.1. The number of likely N-dealkylation sites (tertiary alicyclic amines) is 2. The van der Waals surface area contributed by atoms with Gasteiger partial charge in [-0.25, -0.2) is 0 Å². The minimum Gasteiger partial charge on any atom is -0.380 e. The van der Waals surface area contributed by atoms with Crippen molar-refractivity contribution in [3.05, 3.63) is 61.5 Å². The average Bonchev–Trinajstić information content (AvgIpc) is 2.79. The molecule has 38 heavy (non-hydrogen) atoms. The fourth-order valence-electron chi connectivity index (χ4n) is 4.92. The van der Waals surface area contributed by atoms with E-state index in [2.05, 4.69) is 10.2 Å². The predicted octanol–water partition coefficient (Wildman–Crippen LogP) is 5.11. The number of aliphatic hydroxyl groups is 1. The highest BCUT2D eigenvalue weighted by atomic mass is 35.5. The van der Waals surface area contributed by atoms with Crippen LogP contribution in [-0.2, 0) is 10.4 Å². The summed E-state index contributed by atoms with van der Waals surface area (Å²) in [5.41, 5.74) is -0.248. The molecule has 1 atom stereocenters. The minimum atomic E-state index is -1.71. The molecule has 208 valence electrons. The van der Waals surface area contributed by atoms with Crippen LogP contribution in [0.2, 0.25) is 20.1 Å². The highest BCUT2D eigenvalue weighted by Gasteiger charge is 2.40. The molecule has 2 N–H and O–H groups in total. The number of halogens is 4. The molecule has 2 amide bonds. The number of benzene rings is 2. The summed E-state index contributed by atoms with van der Waals surface area (Å²) in [5.74, 6) is -0.587. The van der Waals surface area contributed by atoms with Crippen LogP contribution in [0.5, 0.6) is 0 Å². The van der Waals surface area contributed by atoms with Gasteiger partial charge in [-0.1, -0.05) is 46.4 Å². The van der Waals surface area contributed by atoms with E-state index in [0.717, 1.165) is 31.6 Å². The second kappa shape index (κ2) is 12.4. The SMILES string of the molecule is CN(C)C(=O)c1c(Cl)cc(NC2CN(C3CCN(C(=O)[C@@](C)(O)c4cc(Cl)cc(Cl)c4)CC3)C2)cc1Cl.S. The summed E-state index contributed by atoms with van der Waals surface area (Å²) in [6.07, 6.45) is 1.65. The van der Waals surface area contributed by atoms with Gasteiger partial charge in [0.15, 0.2) is 5.60 Å². The summed E-state index contributed by atoms with van der Waals surface area (Å²) in [7, 11) is 3.31. The van der Waals surface area contributed by atoms with Crippen LogP contribution in [0.1, 0.15) is 35.7 Å². The molecule has 2 aromatic carbocycles. The minimum absolute atomic E-state index is 0. The Hall–Kier alpha value is -1.39. The Bertz CT molecular complexity index is 1160. The van der Waals surface area contributed by atoms with E-state index < -0.39 is 5.60 Å². The lowest BCUT2D eigenvalue weighted by Gasteiger charge is -2.48. The second-order valence-corrected chi connectivity index (χ2v) is 11.8. The van der Waals surface area contributed by atoms with Gasteiger partial charge in [0.2, 0.25) is 0 Å². The summed E-state index contributed by atoms with van der Waals surface area (Å²) in [6, 6.07) is 8.76. The van der Waals surface area contributed by atoms with E-state index in [1.165, 1.54) is 11.8 Å². The van der Waals surface area contributed by atoms with Crippen molar-refractivity contribution in [3.8, 4) is 0 Å². The Kier molecular flexibility index (Phi) is 10.2. The first-order chi connectivity index (χ1) is 17.4. The molecule has 2 aromatic rings. The van der Waals surface area contributed by atoms with Gasteiger partial charge in [-0.3, -0.25) is 14.5 Å². The molecular weight excluding hydrogens is 590 g/mol. The van der Waals surface area contributed by atoms with Crippen LogP contribution in [0.15, 0.2) is 30.3 Å². The van der Waals surface area contributed by atoms with E-state index in [-0.39, 0.29) is 31.4 Å². The molecule has 2 fully saturated rings. The summed E-state index contributed by atoms with van der Waals surface area (Å²) >= 11 is 24.8. The lowest BCUT2D eigenvalue weighted by molar-refractivity contribution is -0.152. The first-order valence-corrected chi connectivity index (χ1v) is 13.6. The van der Waals surface area contributed by atoms with Crippen molar-refractivity contribution < 1.29 is 14.7 Å². The van der Waals surface area contributed by atoms with Crippen molar-refractivity contribution in [3.63, 3.8) is 0 Å². The quantitative estimate of drug-likeness (QED) is 0.469. The van der Waals surface area contributed by atoms with E-state index in [4.69, 9.17) is 46.4 Å². The van der Waals surface area contributed by atoms with Crippen LogP contribution >= 0.6 is 59.9 Å². The van der Waals surface area contributed by atoms with E-state index in [1.54, 1.807) is 49.3 Å². The van der Waals surface area contributed by atoms with E-state index in [0.29, 0.717) is 50.3 Å². The third kappa shape index (κ3) is 6.66. The largest absolute Gasteiger partial charge is 0.380 e. The van der Waals surface area contributed by atoms with E-state index in [9.17, 15) is 14.7 Å². The highest BCUT2D eigenvalue weighted by molar-refractivity contribution is 7.59. The van der Waals surface area contributed by atoms with Crippen molar-refractivity contribution in [2.24, 2.45) is 0 Å². The van der Waals surface area contributed by atoms with Crippen molar-refractivity contribution >= 4 is 77.4 Å². The molecule has 0 aromatic heterocycles. The van der Waals surface area contributed by atoms with Crippen molar-refractivity contribution in [2.75, 3.05) is 45.6 Å². The smallest absolute Gasteiger partial charge is 0.258 e. The van der Waals surface area contributed by atoms with Gasteiger partial charge in [0.25, 0.3) is 11.8 Å². The number of carbonyl (C=O) groups is 2. The maximum atomic E-state index is 13.1. The third-order valence-corrected chi connectivity index (χ3v) is 8.08. The van der Waals surface area contributed by atoms with Gasteiger partial charge in [-0.15, -0.1) is 0 Å². The number of nitrogens with zero attached hydrogens (tertiary/aromatic N) is 3. The molecule has 0 bridgehead atoms. The third-order valence-electron chi connectivity index (χ3n) is 7.05. The Labute approximate surface area is 250 Å². The zero-order valence-electron chi connectivity index (χ0n) is 21.4. The van der Waals surface area contributed by atoms with Crippen LogP contribution in [0.25, 0.3) is 0 Å². The molecule has 0 aliphatic carbocycles. The number of piperidine rings is 1. The number of rotatable bonds is 6. The highest BCUT2D eigenvalue weighted by Crippen LogP contribution is 2.33. The molecule has 2 aliphatic rings. The number of hydrogen-bond donors (Lipinski definition) is 2. The second-order valence-electron chi connectivity index (χ2n) is 10.1. The lowest BCUT2D eigenvalue weighted by atomic mass is 9.92. The van der Waals surface area contributed by atoms with Gasteiger partial charge in [-0.05, 0) is 55.7 Å². The fraction of sp³-hybridized carbons (Fsp3) is 0.462. The molecule has 2 heterocycles. The van der Waals surface area contributed by atoms with Gasteiger partial charge in [-0.2, -0.15) is 13.5 Å². The van der Waals surface area contributed by atoms with Gasteiger partial charge < -0.3 is 20.2 Å². The van der Waals surface area contributed by atoms with Crippen LogP contribution < -0.4 is 5.32 Å². The molecule has 2 saturated heterocycles. The zero-order valence-corrected chi connectivity index (χ0v) is 25.4. The predicted molar refractivity (Wildman–Crippen MR) is 159 cm³/mol. The van der Waals surface area contributed by atoms with Crippen molar-refractivity contribution in [2.45, 2.75) is 37.5 Å². The van der Waals surface area contributed by atoms with Gasteiger partial charge in [0.05, 0.1) is 21.7 Å². The maximum absolute atomic E-state index is 13.1. The summed E-state index contributed by atoms with van der Waals surface area (Å²) in [4.78, 5) is 31.0. The monoisotopic (exact) mass is 620 g/mol. The first-order valence-electron chi connectivity index (χ1n) is 12.1. The van der Waals surface area contributed by atoms with Crippen LogP contribution in [0.3, 0.4) is 0 Å². The van der Waals surface area contributed by atoms with E-state index in [1.807, 2.05) is 0 Å². The van der Waals surface area contributed by atoms with Crippen LogP contribution in [0, 0.1) is 0 Å². The number of anilines is 1.